The van der Waals surface area contributed by atoms with E-state index < -0.39 is 58.0 Å². The van der Waals surface area contributed by atoms with Crippen molar-refractivity contribution in [3.05, 3.63) is 68.7 Å². The van der Waals surface area contributed by atoms with E-state index in [1.54, 1.807) is 52.6 Å². The SMILES string of the molecule is Cc1ccc(-c2cc(N(C)C)c3c(c2O)C(=O)C2=C(N=O)[C@]4(O)C(=O)C(C(N)=O)=C(O)[C@@H](N(C)C)[C@@H]4C[C@@H]2C3)cn1. The first-order chi connectivity index (χ1) is 19.2. The fourth-order valence-electron chi connectivity index (χ4n) is 6.66. The number of phenolic OH excluding ortho intramolecular Hbond substituents is 1. The lowest BCUT2D eigenvalue weighted by molar-refractivity contribution is -0.144. The lowest BCUT2D eigenvalue weighted by Gasteiger charge is -2.50. The van der Waals surface area contributed by atoms with E-state index in [0.29, 0.717) is 22.4 Å². The summed E-state index contributed by atoms with van der Waals surface area (Å²) < 4.78 is 0. The third kappa shape index (κ3) is 3.89. The number of amides is 1. The van der Waals surface area contributed by atoms with E-state index in [1.165, 1.54) is 4.90 Å². The number of primary amides is 1. The number of hydrogen-bond acceptors (Lipinski definition) is 11. The lowest BCUT2D eigenvalue weighted by atomic mass is 9.58. The summed E-state index contributed by atoms with van der Waals surface area (Å²) in [5.41, 5.74) is 3.70. The van der Waals surface area contributed by atoms with Gasteiger partial charge in [0.05, 0.1) is 11.6 Å². The highest BCUT2D eigenvalue weighted by Crippen LogP contribution is 2.55. The van der Waals surface area contributed by atoms with Gasteiger partial charge in [0.1, 0.15) is 22.8 Å². The number of aryl methyl sites for hydroxylation is 1. The minimum atomic E-state index is -2.70. The van der Waals surface area contributed by atoms with Crippen LogP contribution >= 0.6 is 0 Å². The molecule has 0 fully saturated rings. The summed E-state index contributed by atoms with van der Waals surface area (Å²) in [4.78, 5) is 60.1. The molecule has 3 aliphatic carbocycles. The van der Waals surface area contributed by atoms with E-state index in [0.717, 1.165) is 5.69 Å². The molecule has 12 nitrogen and oxygen atoms in total. The van der Waals surface area contributed by atoms with Gasteiger partial charge in [-0.05, 0) is 62.7 Å². The molecular weight excluding hydrogens is 530 g/mol. The van der Waals surface area contributed by atoms with Gasteiger partial charge < -0.3 is 26.0 Å². The molecule has 5 rings (SSSR count). The van der Waals surface area contributed by atoms with Crippen LogP contribution < -0.4 is 10.6 Å². The van der Waals surface area contributed by atoms with Crippen LogP contribution in [0.25, 0.3) is 11.1 Å². The minimum Gasteiger partial charge on any atom is -0.510 e. The fourth-order valence-corrected chi connectivity index (χ4v) is 6.66. The van der Waals surface area contributed by atoms with Crippen molar-refractivity contribution >= 4 is 23.2 Å². The maximum absolute atomic E-state index is 14.2. The third-order valence-electron chi connectivity index (χ3n) is 8.49. The molecule has 4 atom stereocenters. The molecule has 0 spiro atoms. The molecule has 0 bridgehead atoms. The Balaban J connectivity index is 1.79. The van der Waals surface area contributed by atoms with Gasteiger partial charge in [0.25, 0.3) is 5.91 Å². The van der Waals surface area contributed by atoms with Crippen molar-refractivity contribution < 1.29 is 29.7 Å². The summed E-state index contributed by atoms with van der Waals surface area (Å²) in [5.74, 6) is -6.08. The molecule has 214 valence electrons. The van der Waals surface area contributed by atoms with Gasteiger partial charge in [-0.3, -0.25) is 24.3 Å². The van der Waals surface area contributed by atoms with Crippen LogP contribution in [0.15, 0.2) is 52.2 Å². The molecular formula is C29H31N5O7. The first kappa shape index (κ1) is 28.1. The molecule has 12 heteroatoms. The monoisotopic (exact) mass is 561 g/mol. The average molecular weight is 562 g/mol. The summed E-state index contributed by atoms with van der Waals surface area (Å²) in [6.45, 7) is 1.82. The molecule has 1 amide bonds. The number of nitrogens with zero attached hydrogens (tertiary/aromatic N) is 4. The topological polar surface area (TPSA) is 187 Å². The van der Waals surface area contributed by atoms with Crippen LogP contribution in [-0.2, 0) is 16.0 Å². The van der Waals surface area contributed by atoms with Crippen LogP contribution in [0.5, 0.6) is 5.75 Å². The molecule has 0 aliphatic heterocycles. The lowest BCUT2D eigenvalue weighted by Crippen LogP contribution is -2.63. The molecule has 0 radical (unpaired) electrons. The van der Waals surface area contributed by atoms with Crippen LogP contribution in [-0.4, -0.2) is 82.5 Å². The molecule has 1 heterocycles. The molecule has 0 saturated carbocycles. The molecule has 0 saturated heterocycles. The molecule has 41 heavy (non-hydrogen) atoms. The zero-order chi connectivity index (χ0) is 30.1. The van der Waals surface area contributed by atoms with E-state index in [-0.39, 0.29) is 29.7 Å². The van der Waals surface area contributed by atoms with E-state index >= 15 is 0 Å². The van der Waals surface area contributed by atoms with Gasteiger partial charge >= 0.3 is 0 Å². The van der Waals surface area contributed by atoms with E-state index in [9.17, 15) is 34.6 Å². The zero-order valence-corrected chi connectivity index (χ0v) is 23.3. The number of benzene rings is 1. The number of aliphatic hydroxyl groups is 2. The predicted molar refractivity (Wildman–Crippen MR) is 149 cm³/mol. The van der Waals surface area contributed by atoms with Gasteiger partial charge in [-0.1, -0.05) is 6.07 Å². The highest BCUT2D eigenvalue weighted by molar-refractivity contribution is 6.25. The number of allylic oxidation sites excluding steroid dienone is 1. The minimum absolute atomic E-state index is 0.00200. The van der Waals surface area contributed by atoms with Gasteiger partial charge in [0, 0.05) is 54.3 Å². The van der Waals surface area contributed by atoms with Gasteiger partial charge in [-0.25, -0.2) is 0 Å². The molecule has 1 aromatic heterocycles. The first-order valence-electron chi connectivity index (χ1n) is 13.0. The van der Waals surface area contributed by atoms with E-state index in [4.69, 9.17) is 5.73 Å². The number of aromatic nitrogens is 1. The molecule has 5 N–H and O–H groups in total. The second-order valence-electron chi connectivity index (χ2n) is 11.3. The van der Waals surface area contributed by atoms with Crippen molar-refractivity contribution in [3.8, 4) is 16.9 Å². The molecule has 1 aromatic carbocycles. The number of aromatic hydroxyl groups is 1. The Morgan fingerprint density at radius 3 is 2.39 bits per heavy atom. The second kappa shape index (κ2) is 9.60. The van der Waals surface area contributed by atoms with Gasteiger partial charge in [0.2, 0.25) is 5.78 Å². The van der Waals surface area contributed by atoms with Gasteiger partial charge in [-0.15, -0.1) is 4.91 Å². The first-order valence-corrected chi connectivity index (χ1v) is 13.0. The van der Waals surface area contributed by atoms with Crippen molar-refractivity contribution in [3.63, 3.8) is 0 Å². The number of phenols is 1. The number of Topliss-reactive ketones (excluding diaryl/α,β-unsaturated/α-hetero) is 2. The molecule has 0 unspecified atom stereocenters. The smallest absolute Gasteiger partial charge is 0.255 e. The Morgan fingerprint density at radius 1 is 1.17 bits per heavy atom. The number of nitrogens with two attached hydrogens (primary N) is 1. The average Bonchev–Trinajstić information content (AvgIpc) is 2.89. The third-order valence-corrected chi connectivity index (χ3v) is 8.49. The van der Waals surface area contributed by atoms with Crippen molar-refractivity contribution in [1.29, 1.82) is 0 Å². The number of hydrogen-bond donors (Lipinski definition) is 4. The zero-order valence-electron chi connectivity index (χ0n) is 23.3. The highest BCUT2D eigenvalue weighted by atomic mass is 16.3. The quantitative estimate of drug-likeness (QED) is 0.309. The van der Waals surface area contributed by atoms with Gasteiger partial charge in [-0.2, -0.15) is 0 Å². The Bertz CT molecular complexity index is 1590. The van der Waals surface area contributed by atoms with Crippen LogP contribution in [0.2, 0.25) is 0 Å². The maximum atomic E-state index is 14.2. The number of fused-ring (bicyclic) bond motifs is 3. The van der Waals surface area contributed by atoms with Crippen LogP contribution in [0.1, 0.15) is 28.0 Å². The number of rotatable bonds is 5. The summed E-state index contributed by atoms with van der Waals surface area (Å²) in [7, 11) is 6.75. The number of ketones is 2. The van der Waals surface area contributed by atoms with Crippen LogP contribution in [0, 0.1) is 23.7 Å². The number of nitroso groups, excluding NO2 is 1. The van der Waals surface area contributed by atoms with Crippen molar-refractivity contribution in [2.24, 2.45) is 22.7 Å². The summed E-state index contributed by atoms with van der Waals surface area (Å²) in [5, 5.41) is 37.3. The number of anilines is 1. The number of likely N-dealkylation sites (N-methyl/N-ethyl adjacent to an activating group) is 1. The van der Waals surface area contributed by atoms with Gasteiger partial charge in [0.15, 0.2) is 11.4 Å². The summed E-state index contributed by atoms with van der Waals surface area (Å²) >= 11 is 0. The second-order valence-corrected chi connectivity index (χ2v) is 11.3. The number of carbonyl (C=O) groups is 3. The fraction of sp³-hybridized carbons (Fsp3) is 0.379. The van der Waals surface area contributed by atoms with Crippen LogP contribution in [0.3, 0.4) is 0 Å². The van der Waals surface area contributed by atoms with E-state index in [1.807, 2.05) is 11.8 Å². The Labute approximate surface area is 235 Å². The maximum Gasteiger partial charge on any atom is 0.255 e. The molecule has 3 aliphatic rings. The van der Waals surface area contributed by atoms with Crippen molar-refractivity contribution in [2.75, 3.05) is 33.1 Å². The van der Waals surface area contributed by atoms with Crippen molar-refractivity contribution in [1.82, 2.24) is 9.88 Å². The Hall–Kier alpha value is -4.42. The van der Waals surface area contributed by atoms with Crippen molar-refractivity contribution in [2.45, 2.75) is 31.4 Å². The molecule has 2 aromatic rings. The predicted octanol–water partition coefficient (Wildman–Crippen LogP) is 1.77. The number of carbonyl (C=O) groups excluding carboxylic acids is 3. The standard InChI is InChI=1S/C29H31N5O7/c1-12-6-7-13(11-31-12)15-10-18(33(2)3)16-8-14-9-17-22(34(4)5)25(37)21(28(30)39)27(38)29(17,40)26(32-41)19(14)24(36)20(16)23(15)35/h6-7,10-11,14,17,22,35,37,40H,8-9H2,1-5H3,(H2,30,39)/t14-,17-,22-,29-/m0/s1. The summed E-state index contributed by atoms with van der Waals surface area (Å²) in [6, 6.07) is 4.22. The largest absolute Gasteiger partial charge is 0.510 e. The summed E-state index contributed by atoms with van der Waals surface area (Å²) in [6.07, 6.45) is 1.75. The van der Waals surface area contributed by atoms with Crippen LogP contribution in [0.4, 0.5) is 5.69 Å². The number of aliphatic hydroxyl groups excluding tert-OH is 1. The highest BCUT2D eigenvalue weighted by Gasteiger charge is 2.63. The Kier molecular flexibility index (Phi) is 6.58. The Morgan fingerprint density at radius 2 is 1.85 bits per heavy atom. The number of pyridine rings is 1. The van der Waals surface area contributed by atoms with E-state index in [2.05, 4.69) is 10.2 Å². The normalized spacial score (nSPS) is 25.6.